The van der Waals surface area contributed by atoms with Crippen LogP contribution in [-0.4, -0.2) is 10.9 Å². The van der Waals surface area contributed by atoms with Crippen LogP contribution in [0.3, 0.4) is 0 Å². The van der Waals surface area contributed by atoms with Crippen molar-refractivity contribution in [1.29, 1.82) is 0 Å². The van der Waals surface area contributed by atoms with Crippen molar-refractivity contribution in [2.24, 2.45) is 0 Å². The van der Waals surface area contributed by atoms with Crippen molar-refractivity contribution in [2.75, 3.05) is 5.75 Å². The Kier molecular flexibility index (Phi) is 5.92. The van der Waals surface area contributed by atoms with Crippen LogP contribution in [0.4, 0.5) is 0 Å². The molecule has 2 aromatic rings. The molecule has 0 saturated carbocycles. The van der Waals surface area contributed by atoms with Gasteiger partial charge in [0.05, 0.1) is 4.58 Å². The molecule has 118 valence electrons. The highest BCUT2D eigenvalue weighted by molar-refractivity contribution is 8.22. The minimum atomic E-state index is 0.0704. The molecule has 4 heteroatoms. The molecule has 1 aliphatic heterocycles. The Morgan fingerprint density at radius 1 is 1.22 bits per heavy atom. The highest BCUT2D eigenvalue weighted by atomic mass is 32.2. The smallest absolute Gasteiger partial charge is 0.211 e. The summed E-state index contributed by atoms with van der Waals surface area (Å²) >= 11 is 5.21. The third-order valence-electron chi connectivity index (χ3n) is 3.64. The van der Waals surface area contributed by atoms with Gasteiger partial charge in [0, 0.05) is 5.75 Å². The van der Waals surface area contributed by atoms with Gasteiger partial charge in [0.1, 0.15) is 0 Å². The molecule has 1 nitrogen and oxygen atoms in total. The Hall–Kier alpha value is -1.10. The molecule has 1 heterocycles. The van der Waals surface area contributed by atoms with Crippen LogP contribution in [0.5, 0.6) is 0 Å². The Morgan fingerprint density at radius 2 is 2.04 bits per heavy atom. The first kappa shape index (κ1) is 16.7. The molecule has 1 aliphatic rings. The monoisotopic (exact) mass is 358 g/mol. The number of thioether (sulfide) groups is 3. The Bertz CT molecular complexity index is 746. The van der Waals surface area contributed by atoms with Crippen molar-refractivity contribution < 1.29 is 4.79 Å². The fraction of sp³-hybridized carbons (Fsp3) is 0.211. The van der Waals surface area contributed by atoms with Gasteiger partial charge in [-0.2, -0.15) is 0 Å². The summed E-state index contributed by atoms with van der Waals surface area (Å²) in [5.41, 5.74) is 1.40. The van der Waals surface area contributed by atoms with E-state index in [2.05, 4.69) is 54.5 Å². The van der Waals surface area contributed by atoms with Gasteiger partial charge in [0.25, 0.3) is 0 Å². The third kappa shape index (κ3) is 4.25. The van der Waals surface area contributed by atoms with E-state index in [1.165, 1.54) is 39.1 Å². The fourth-order valence-corrected chi connectivity index (χ4v) is 5.89. The zero-order valence-electron chi connectivity index (χ0n) is 12.7. The average Bonchev–Trinajstić information content (AvgIpc) is 3.06. The molecule has 23 heavy (non-hydrogen) atoms. The lowest BCUT2D eigenvalue weighted by molar-refractivity contribution is -0.107. The SMILES string of the molecule is C=CC(=O)SCCCC1=CSC(c2cccc3ccccc23)S1. The maximum absolute atomic E-state index is 11.2. The fourth-order valence-electron chi connectivity index (χ4n) is 2.52. The van der Waals surface area contributed by atoms with Crippen LogP contribution < -0.4 is 0 Å². The molecule has 0 aliphatic carbocycles. The number of carbonyl (C=O) groups is 1. The minimum absolute atomic E-state index is 0.0704. The molecule has 0 spiro atoms. The van der Waals surface area contributed by atoms with Crippen LogP contribution in [0.2, 0.25) is 0 Å². The Labute approximate surface area is 150 Å². The summed E-state index contributed by atoms with van der Waals surface area (Å²) in [5, 5.41) is 5.01. The summed E-state index contributed by atoms with van der Waals surface area (Å²) in [6, 6.07) is 15.1. The molecule has 0 N–H and O–H groups in total. The van der Waals surface area contributed by atoms with Crippen molar-refractivity contribution in [1.82, 2.24) is 0 Å². The van der Waals surface area contributed by atoms with Crippen molar-refractivity contribution >= 4 is 51.2 Å². The second-order valence-electron chi connectivity index (χ2n) is 5.21. The van der Waals surface area contributed by atoms with Crippen molar-refractivity contribution in [3.8, 4) is 0 Å². The number of carbonyl (C=O) groups excluding carboxylic acids is 1. The summed E-state index contributed by atoms with van der Waals surface area (Å²) in [6.45, 7) is 3.50. The predicted octanol–water partition coefficient (Wildman–Crippen LogP) is 6.39. The van der Waals surface area contributed by atoms with E-state index in [4.69, 9.17) is 0 Å². The number of rotatable bonds is 6. The second-order valence-corrected chi connectivity index (χ2v) is 8.82. The number of hydrogen-bond donors (Lipinski definition) is 0. The van der Waals surface area contributed by atoms with E-state index in [0.717, 1.165) is 18.6 Å². The molecule has 0 aromatic heterocycles. The summed E-state index contributed by atoms with van der Waals surface area (Å²) in [5.74, 6) is 0.867. The zero-order valence-corrected chi connectivity index (χ0v) is 15.2. The van der Waals surface area contributed by atoms with Gasteiger partial charge in [0.15, 0.2) is 0 Å². The molecular formula is C19H18OS3. The predicted molar refractivity (Wildman–Crippen MR) is 107 cm³/mol. The van der Waals surface area contributed by atoms with Gasteiger partial charge in [-0.3, -0.25) is 4.79 Å². The quantitative estimate of drug-likeness (QED) is 0.439. The van der Waals surface area contributed by atoms with Gasteiger partial charge >= 0.3 is 0 Å². The summed E-state index contributed by atoms with van der Waals surface area (Å²) in [6.07, 6.45) is 3.48. The first-order valence-electron chi connectivity index (χ1n) is 7.56. The summed E-state index contributed by atoms with van der Waals surface area (Å²) in [4.78, 5) is 12.6. The van der Waals surface area contributed by atoms with Crippen molar-refractivity contribution in [3.63, 3.8) is 0 Å². The zero-order chi connectivity index (χ0) is 16.1. The van der Waals surface area contributed by atoms with Gasteiger partial charge in [-0.15, -0.1) is 23.5 Å². The van der Waals surface area contributed by atoms with Crippen LogP contribution in [0.1, 0.15) is 23.0 Å². The lowest BCUT2D eigenvalue weighted by Gasteiger charge is -2.13. The number of hydrogen-bond acceptors (Lipinski definition) is 4. The van der Waals surface area contributed by atoms with Crippen LogP contribution in [-0.2, 0) is 4.79 Å². The molecule has 0 radical (unpaired) electrons. The van der Waals surface area contributed by atoms with Crippen LogP contribution in [0.25, 0.3) is 10.8 Å². The van der Waals surface area contributed by atoms with Crippen LogP contribution in [0, 0.1) is 0 Å². The van der Waals surface area contributed by atoms with E-state index in [9.17, 15) is 4.79 Å². The Balaban J connectivity index is 1.58. The maximum atomic E-state index is 11.2. The molecule has 0 amide bonds. The normalized spacial score (nSPS) is 17.2. The van der Waals surface area contributed by atoms with Crippen LogP contribution >= 0.6 is 35.3 Å². The highest BCUT2D eigenvalue weighted by Gasteiger charge is 2.21. The topological polar surface area (TPSA) is 17.1 Å². The van der Waals surface area contributed by atoms with Gasteiger partial charge < -0.3 is 0 Å². The van der Waals surface area contributed by atoms with Crippen LogP contribution in [0.15, 0.2) is 65.4 Å². The first-order valence-corrected chi connectivity index (χ1v) is 10.4. The van der Waals surface area contributed by atoms with Gasteiger partial charge in [0.2, 0.25) is 5.12 Å². The van der Waals surface area contributed by atoms with E-state index in [0.29, 0.717) is 4.58 Å². The second kappa shape index (κ2) is 8.13. The number of benzene rings is 2. The molecule has 2 aromatic carbocycles. The maximum Gasteiger partial charge on any atom is 0.211 e. The molecule has 1 atom stereocenters. The third-order valence-corrected chi connectivity index (χ3v) is 7.37. The average molecular weight is 359 g/mol. The highest BCUT2D eigenvalue weighted by Crippen LogP contribution is 2.53. The molecular weight excluding hydrogens is 340 g/mol. The Morgan fingerprint density at radius 3 is 2.91 bits per heavy atom. The molecule has 0 bridgehead atoms. The van der Waals surface area contributed by atoms with Gasteiger partial charge in [-0.1, -0.05) is 60.8 Å². The minimum Gasteiger partial charge on any atom is -0.282 e. The van der Waals surface area contributed by atoms with E-state index in [1.807, 2.05) is 23.5 Å². The summed E-state index contributed by atoms with van der Waals surface area (Å²) < 4.78 is 0.443. The molecule has 1 unspecified atom stereocenters. The number of fused-ring (bicyclic) bond motifs is 1. The largest absolute Gasteiger partial charge is 0.282 e. The lowest BCUT2D eigenvalue weighted by Crippen LogP contribution is -1.89. The molecule has 0 fully saturated rings. The van der Waals surface area contributed by atoms with Gasteiger partial charge in [-0.25, -0.2) is 0 Å². The van der Waals surface area contributed by atoms with Crippen molar-refractivity contribution in [3.05, 3.63) is 71.0 Å². The van der Waals surface area contributed by atoms with E-state index in [1.54, 1.807) is 0 Å². The first-order chi connectivity index (χ1) is 11.3. The molecule has 3 rings (SSSR count). The lowest BCUT2D eigenvalue weighted by atomic mass is 10.1. The molecule has 0 saturated heterocycles. The van der Waals surface area contributed by atoms with Crippen molar-refractivity contribution in [2.45, 2.75) is 17.4 Å². The van der Waals surface area contributed by atoms with E-state index >= 15 is 0 Å². The summed E-state index contributed by atoms with van der Waals surface area (Å²) in [7, 11) is 0. The van der Waals surface area contributed by atoms with E-state index in [-0.39, 0.29) is 5.12 Å². The standard InChI is InChI=1S/C19H18OS3/c1-2-18(20)21-12-6-9-15-13-22-19(23-15)17-11-5-8-14-7-3-4-10-16(14)17/h2-5,7-8,10-11,13,19H,1,6,9,12H2. The van der Waals surface area contributed by atoms with Gasteiger partial charge in [-0.05, 0) is 45.6 Å². The number of allylic oxidation sites excluding steroid dienone is 1. The van der Waals surface area contributed by atoms with E-state index < -0.39 is 0 Å².